The molecular formula is C54H69N11O20. The summed E-state index contributed by atoms with van der Waals surface area (Å²) in [5, 5.41) is 102. The maximum atomic E-state index is 13.5. The van der Waals surface area contributed by atoms with Crippen molar-refractivity contribution in [2.45, 2.75) is 32.6 Å². The fraction of sp³-hybridized carbons (Fsp3) is 0.407. The van der Waals surface area contributed by atoms with Gasteiger partial charge in [0.05, 0.1) is 48.7 Å². The van der Waals surface area contributed by atoms with Crippen LogP contribution in [0.1, 0.15) is 47.0 Å². The number of rotatable bonds is 35. The molecule has 1 aromatic carbocycles. The van der Waals surface area contributed by atoms with E-state index in [1.165, 1.54) is 49.1 Å². The number of aromatic nitrogens is 4. The van der Waals surface area contributed by atoms with Gasteiger partial charge in [0.1, 0.15) is 13.2 Å². The molecule has 0 radical (unpaired) electrons. The molecule has 0 aliphatic rings. The minimum absolute atomic E-state index is 0.0189. The standard InChI is InChI=1S/C54H69N11O20/c66-25-21-62-13-5-37(43(73)51(62)81)47(77)55-9-17-60(18-10-56-48(78)38-6-14-63(22-26-67)52(82)44(38)74)30-35(29-34-1-3-36(4-2-34)59-41(70)32-85-33-42(71)72)31-61(19-11-57-49(79)39-7-15-64(23-27-68)53(83)45(39)75)20-12-58-50(80)40-8-16-65(24-28-69)54(84)46(40)76/h1-8,13-16,35,66-69,73-76H,9-12,17-33H2,(H,55,77)(H,56,78)(H,57,79)(H,58,80)(H,59,70)(H,71,72). The van der Waals surface area contributed by atoms with Crippen LogP contribution in [0.3, 0.4) is 0 Å². The predicted molar refractivity (Wildman–Crippen MR) is 301 cm³/mol. The van der Waals surface area contributed by atoms with E-state index < -0.39 is 126 Å². The molecule has 0 aliphatic carbocycles. The van der Waals surface area contributed by atoms with Crippen LogP contribution in [0.5, 0.6) is 23.0 Å². The first kappa shape index (κ1) is 66.6. The lowest BCUT2D eigenvalue weighted by Gasteiger charge is -2.32. The molecule has 4 aromatic heterocycles. The second-order valence-corrected chi connectivity index (χ2v) is 19.0. The number of aromatic hydroxyl groups is 4. The summed E-state index contributed by atoms with van der Waals surface area (Å²) in [7, 11) is 0. The lowest BCUT2D eigenvalue weighted by molar-refractivity contribution is -0.143. The van der Waals surface area contributed by atoms with E-state index >= 15 is 0 Å². The van der Waals surface area contributed by atoms with E-state index in [0.29, 0.717) is 11.3 Å². The summed E-state index contributed by atoms with van der Waals surface area (Å²) in [6.07, 6.45) is 5.13. The van der Waals surface area contributed by atoms with Crippen molar-refractivity contribution in [3.63, 3.8) is 0 Å². The number of carbonyl (C=O) groups is 6. The summed E-state index contributed by atoms with van der Waals surface area (Å²) in [6.45, 7) is -3.78. The van der Waals surface area contributed by atoms with Crippen molar-refractivity contribution in [1.29, 1.82) is 0 Å². The molecule has 31 heteroatoms. The number of amides is 5. The molecule has 85 heavy (non-hydrogen) atoms. The number of carboxylic acid groups (broad SMARTS) is 1. The number of nitrogens with one attached hydrogen (secondary N) is 5. The van der Waals surface area contributed by atoms with E-state index in [9.17, 15) is 88.8 Å². The van der Waals surface area contributed by atoms with Gasteiger partial charge in [0.25, 0.3) is 45.9 Å². The Morgan fingerprint density at radius 2 is 0.765 bits per heavy atom. The number of aliphatic hydroxyl groups excluding tert-OH is 4. The summed E-state index contributed by atoms with van der Waals surface area (Å²) < 4.78 is 8.92. The fourth-order valence-electron chi connectivity index (χ4n) is 8.80. The number of carbonyl (C=O) groups excluding carboxylic acids is 5. The highest BCUT2D eigenvalue weighted by molar-refractivity contribution is 5.98. The third-order valence-electron chi connectivity index (χ3n) is 13.0. The van der Waals surface area contributed by atoms with Gasteiger partial charge in [0, 0.05) is 122 Å². The lowest BCUT2D eigenvalue weighted by atomic mass is 9.97. The molecule has 0 atom stereocenters. The molecule has 31 nitrogen and oxygen atoms in total. The van der Waals surface area contributed by atoms with E-state index in [1.807, 2.05) is 9.80 Å². The SMILES string of the molecule is O=C(O)COCC(=O)Nc1ccc(CC(CN(CCNC(=O)c2ccn(CCO)c(=O)c2O)CCNC(=O)c2ccn(CCO)c(=O)c2O)CN(CCNC(=O)c2ccn(CCO)c(=O)c2O)CCNC(=O)c2ccn(CCO)c(=O)c2O)cc1. The molecule has 5 aromatic rings. The van der Waals surface area contributed by atoms with Gasteiger partial charge in [0.2, 0.25) is 5.91 Å². The highest BCUT2D eigenvalue weighted by atomic mass is 16.5. The Morgan fingerprint density at radius 1 is 0.459 bits per heavy atom. The normalized spacial score (nSPS) is 11.2. The van der Waals surface area contributed by atoms with Gasteiger partial charge in [0.15, 0.2) is 23.0 Å². The number of anilines is 1. The van der Waals surface area contributed by atoms with E-state index in [4.69, 9.17) is 9.84 Å². The van der Waals surface area contributed by atoms with Crippen molar-refractivity contribution >= 4 is 41.2 Å². The van der Waals surface area contributed by atoms with Crippen LogP contribution in [-0.4, -0.2) is 215 Å². The van der Waals surface area contributed by atoms with Gasteiger partial charge in [-0.1, -0.05) is 12.1 Å². The largest absolute Gasteiger partial charge is 0.502 e. The number of carboxylic acids is 1. The van der Waals surface area contributed by atoms with Gasteiger partial charge in [-0.05, 0) is 54.3 Å². The van der Waals surface area contributed by atoms with Crippen molar-refractivity contribution in [2.75, 3.05) is 110 Å². The summed E-state index contributed by atoms with van der Waals surface area (Å²) in [6, 6.07) is 11.3. The number of hydrogen-bond donors (Lipinski definition) is 14. The zero-order valence-electron chi connectivity index (χ0n) is 46.1. The third kappa shape index (κ3) is 19.4. The first-order chi connectivity index (χ1) is 40.7. The zero-order chi connectivity index (χ0) is 62.2. The van der Waals surface area contributed by atoms with Crippen LogP contribution in [0.4, 0.5) is 5.69 Å². The molecule has 5 amide bonds. The minimum Gasteiger partial charge on any atom is -0.502 e. The number of ether oxygens (including phenoxy) is 1. The molecule has 0 aliphatic heterocycles. The van der Waals surface area contributed by atoms with Gasteiger partial charge in [-0.2, -0.15) is 0 Å². The Labute approximate surface area is 483 Å². The molecule has 0 spiro atoms. The monoisotopic (exact) mass is 1190 g/mol. The van der Waals surface area contributed by atoms with Gasteiger partial charge >= 0.3 is 5.97 Å². The van der Waals surface area contributed by atoms with Crippen molar-refractivity contribution in [3.8, 4) is 23.0 Å². The topological polar surface area (TPSA) is 448 Å². The molecule has 0 bridgehead atoms. The van der Waals surface area contributed by atoms with E-state index in [2.05, 4.69) is 26.6 Å². The first-order valence-corrected chi connectivity index (χ1v) is 26.6. The molecule has 14 N–H and O–H groups in total. The predicted octanol–water partition coefficient (Wildman–Crippen LogP) is -4.35. The number of hydrogen-bond acceptors (Lipinski definition) is 21. The summed E-state index contributed by atoms with van der Waals surface area (Å²) in [5.41, 5.74) is -4.13. The van der Waals surface area contributed by atoms with Gasteiger partial charge in [-0.15, -0.1) is 0 Å². The zero-order valence-corrected chi connectivity index (χ0v) is 46.1. The Balaban J connectivity index is 1.48. The van der Waals surface area contributed by atoms with E-state index in [-0.39, 0.29) is 120 Å². The molecule has 0 fully saturated rings. The molecule has 4 heterocycles. The van der Waals surface area contributed by atoms with Gasteiger partial charge in [-0.25, -0.2) is 4.79 Å². The molecule has 0 unspecified atom stereocenters. The Kier molecular flexibility index (Phi) is 26.0. The Bertz CT molecular complexity index is 3020. The first-order valence-electron chi connectivity index (χ1n) is 26.6. The number of aliphatic carboxylic acids is 1. The third-order valence-corrected chi connectivity index (χ3v) is 13.0. The Hall–Kier alpha value is -9.24. The maximum Gasteiger partial charge on any atom is 0.329 e. The van der Waals surface area contributed by atoms with Crippen LogP contribution >= 0.6 is 0 Å². The number of aliphatic hydroxyl groups is 4. The maximum absolute atomic E-state index is 13.5. The van der Waals surface area contributed by atoms with Crippen LogP contribution in [0.15, 0.2) is 92.5 Å². The van der Waals surface area contributed by atoms with Crippen LogP contribution in [-0.2, 0) is 46.9 Å². The molecule has 0 saturated carbocycles. The smallest absolute Gasteiger partial charge is 0.329 e. The minimum atomic E-state index is -1.27. The van der Waals surface area contributed by atoms with Crippen LogP contribution in [0.2, 0.25) is 0 Å². The van der Waals surface area contributed by atoms with Crippen LogP contribution < -0.4 is 48.8 Å². The second kappa shape index (κ2) is 33.2. The number of benzene rings is 1. The van der Waals surface area contributed by atoms with Crippen molar-refractivity contribution in [3.05, 3.63) is 143 Å². The van der Waals surface area contributed by atoms with Gasteiger partial charge < -0.3 is 95.5 Å². The molecule has 460 valence electrons. The van der Waals surface area contributed by atoms with E-state index in [1.54, 1.807) is 24.3 Å². The second-order valence-electron chi connectivity index (χ2n) is 19.0. The highest BCUT2D eigenvalue weighted by Gasteiger charge is 2.24. The number of pyridine rings is 4. The van der Waals surface area contributed by atoms with Crippen molar-refractivity contribution < 1.29 is 79.5 Å². The Morgan fingerprint density at radius 3 is 1.05 bits per heavy atom. The molecule has 5 rings (SSSR count). The van der Waals surface area contributed by atoms with Crippen LogP contribution in [0.25, 0.3) is 0 Å². The van der Waals surface area contributed by atoms with Crippen LogP contribution in [0, 0.1) is 5.92 Å². The average molecular weight is 1190 g/mol. The lowest BCUT2D eigenvalue weighted by Crippen LogP contribution is -2.46. The number of nitrogens with zero attached hydrogens (tertiary/aromatic N) is 6. The van der Waals surface area contributed by atoms with Crippen molar-refractivity contribution in [2.24, 2.45) is 5.92 Å². The molecular weight excluding hydrogens is 1120 g/mol. The van der Waals surface area contributed by atoms with E-state index in [0.717, 1.165) is 18.3 Å². The molecule has 0 saturated heterocycles. The summed E-state index contributed by atoms with van der Waals surface area (Å²) in [5.74, 6) is -9.22. The van der Waals surface area contributed by atoms with Crippen molar-refractivity contribution in [1.82, 2.24) is 49.3 Å². The summed E-state index contributed by atoms with van der Waals surface area (Å²) >= 11 is 0. The van der Waals surface area contributed by atoms with Gasteiger partial charge in [-0.3, -0.25) is 53.0 Å². The average Bonchev–Trinajstić information content (AvgIpc) is 3.65. The summed E-state index contributed by atoms with van der Waals surface area (Å²) in [4.78, 5) is 132. The highest BCUT2D eigenvalue weighted by Crippen LogP contribution is 2.18. The quantitative estimate of drug-likeness (QED) is 0.0182. The fourth-order valence-corrected chi connectivity index (χ4v) is 8.80.